The van der Waals surface area contributed by atoms with Crippen molar-refractivity contribution in [3.05, 3.63) is 100.0 Å². The molecule has 1 unspecified atom stereocenters. The van der Waals surface area contributed by atoms with E-state index in [4.69, 9.17) is 27.6 Å². The van der Waals surface area contributed by atoms with E-state index < -0.39 is 6.10 Å². The average molecular weight is 424 g/mol. The zero-order valence-electron chi connectivity index (χ0n) is 15.8. The molecule has 0 amide bonds. The molecule has 0 saturated carbocycles. The molecule has 146 valence electrons. The molecule has 2 heterocycles. The third-order valence-electron chi connectivity index (χ3n) is 4.86. The monoisotopic (exact) mass is 423 g/mol. The molecule has 3 nitrogen and oxygen atoms in total. The minimum atomic E-state index is -0.926. The lowest BCUT2D eigenvalue weighted by molar-refractivity contribution is 0.220. The molecular weight excluding hydrogens is 405 g/mol. The lowest BCUT2D eigenvalue weighted by Gasteiger charge is -2.15. The van der Waals surface area contributed by atoms with Gasteiger partial charge in [-0.1, -0.05) is 54.4 Å². The largest absolute Gasteiger partial charge is 0.460 e. The molecular formula is C24H19Cl2NO2. The van der Waals surface area contributed by atoms with Crippen molar-refractivity contribution in [3.63, 3.8) is 0 Å². The van der Waals surface area contributed by atoms with Crippen molar-refractivity contribution in [1.29, 1.82) is 0 Å². The Hall–Kier alpha value is -2.59. The summed E-state index contributed by atoms with van der Waals surface area (Å²) in [7, 11) is 0. The molecule has 4 rings (SSSR count). The van der Waals surface area contributed by atoms with Crippen LogP contribution < -0.4 is 0 Å². The molecule has 0 aliphatic carbocycles. The van der Waals surface area contributed by atoms with Crippen molar-refractivity contribution in [2.45, 2.75) is 19.4 Å². The standard InChI is InChI=1S/C24H19Cl2NO2/c1-2-20-21(18-7-3-4-8-19(18)26)22(23(28)16-6-5-13-27-14-16)24(29-20)15-9-11-17(25)12-10-15/h3-14,23,28H,2H2,1H3. The molecule has 1 atom stereocenters. The highest BCUT2D eigenvalue weighted by Crippen LogP contribution is 2.45. The van der Waals surface area contributed by atoms with Crippen LogP contribution in [0.15, 0.2) is 77.5 Å². The van der Waals surface area contributed by atoms with Crippen LogP contribution in [-0.2, 0) is 6.42 Å². The van der Waals surface area contributed by atoms with Gasteiger partial charge in [-0.25, -0.2) is 0 Å². The normalized spacial score (nSPS) is 12.1. The van der Waals surface area contributed by atoms with E-state index >= 15 is 0 Å². The van der Waals surface area contributed by atoms with Crippen molar-refractivity contribution in [3.8, 4) is 22.5 Å². The fourth-order valence-electron chi connectivity index (χ4n) is 3.48. The van der Waals surface area contributed by atoms with Gasteiger partial charge in [0.2, 0.25) is 0 Å². The van der Waals surface area contributed by atoms with E-state index in [9.17, 15) is 5.11 Å². The highest BCUT2D eigenvalue weighted by atomic mass is 35.5. The molecule has 0 radical (unpaired) electrons. The third-order valence-corrected chi connectivity index (χ3v) is 5.44. The van der Waals surface area contributed by atoms with Crippen LogP contribution in [0.3, 0.4) is 0 Å². The zero-order valence-corrected chi connectivity index (χ0v) is 17.3. The summed E-state index contributed by atoms with van der Waals surface area (Å²) < 4.78 is 6.29. The summed E-state index contributed by atoms with van der Waals surface area (Å²) in [4.78, 5) is 4.16. The van der Waals surface area contributed by atoms with Gasteiger partial charge in [0.25, 0.3) is 0 Å². The van der Waals surface area contributed by atoms with Gasteiger partial charge in [-0.15, -0.1) is 0 Å². The van der Waals surface area contributed by atoms with Crippen LogP contribution in [0, 0.1) is 0 Å². The molecule has 0 spiro atoms. The summed E-state index contributed by atoms with van der Waals surface area (Å²) in [5.41, 5.74) is 3.83. The Bertz CT molecular complexity index is 1120. The van der Waals surface area contributed by atoms with E-state index in [0.29, 0.717) is 33.4 Å². The summed E-state index contributed by atoms with van der Waals surface area (Å²) in [6, 6.07) is 18.6. The van der Waals surface area contributed by atoms with Crippen molar-refractivity contribution in [2.75, 3.05) is 0 Å². The Balaban J connectivity index is 2.02. The predicted molar refractivity (Wildman–Crippen MR) is 117 cm³/mol. The number of rotatable bonds is 5. The van der Waals surface area contributed by atoms with Gasteiger partial charge in [-0.3, -0.25) is 4.98 Å². The van der Waals surface area contributed by atoms with Gasteiger partial charge in [0.15, 0.2) is 0 Å². The summed E-state index contributed by atoms with van der Waals surface area (Å²) in [6.45, 7) is 2.02. The smallest absolute Gasteiger partial charge is 0.141 e. The van der Waals surface area contributed by atoms with Crippen molar-refractivity contribution in [1.82, 2.24) is 4.98 Å². The Morgan fingerprint density at radius 1 is 1.00 bits per heavy atom. The summed E-state index contributed by atoms with van der Waals surface area (Å²) in [5, 5.41) is 12.6. The van der Waals surface area contributed by atoms with Gasteiger partial charge in [0.05, 0.1) is 0 Å². The number of nitrogens with zero attached hydrogens (tertiary/aromatic N) is 1. The maximum absolute atomic E-state index is 11.4. The molecule has 0 aliphatic heterocycles. The highest BCUT2D eigenvalue weighted by Gasteiger charge is 2.28. The minimum absolute atomic E-state index is 0.602. The Morgan fingerprint density at radius 2 is 1.76 bits per heavy atom. The van der Waals surface area contributed by atoms with Crippen LogP contribution in [-0.4, -0.2) is 10.1 Å². The fraction of sp³-hybridized carbons (Fsp3) is 0.125. The lowest BCUT2D eigenvalue weighted by atomic mass is 9.91. The molecule has 2 aromatic carbocycles. The summed E-state index contributed by atoms with van der Waals surface area (Å²) in [6.07, 6.45) is 3.06. The van der Waals surface area contributed by atoms with Crippen LogP contribution in [0.5, 0.6) is 0 Å². The third kappa shape index (κ3) is 3.82. The van der Waals surface area contributed by atoms with Crippen LogP contribution in [0.2, 0.25) is 10.0 Å². The Kier molecular flexibility index (Phi) is 5.72. The Labute approximate surface area is 179 Å². The first-order chi connectivity index (χ1) is 14.1. The van der Waals surface area contributed by atoms with E-state index in [1.165, 1.54) is 0 Å². The molecule has 5 heteroatoms. The molecule has 29 heavy (non-hydrogen) atoms. The second kappa shape index (κ2) is 8.42. The van der Waals surface area contributed by atoms with Crippen molar-refractivity contribution in [2.24, 2.45) is 0 Å². The minimum Gasteiger partial charge on any atom is -0.460 e. The van der Waals surface area contributed by atoms with Crippen LogP contribution in [0.4, 0.5) is 0 Å². The molecule has 4 aromatic rings. The molecule has 1 N–H and O–H groups in total. The van der Waals surface area contributed by atoms with Gasteiger partial charge in [-0.2, -0.15) is 0 Å². The first-order valence-corrected chi connectivity index (χ1v) is 10.1. The molecule has 0 saturated heterocycles. The number of halogens is 2. The number of aromatic nitrogens is 1. The number of benzene rings is 2. The fourth-order valence-corrected chi connectivity index (χ4v) is 3.84. The second-order valence-corrected chi connectivity index (χ2v) is 7.52. The van der Waals surface area contributed by atoms with E-state index in [1.54, 1.807) is 30.6 Å². The second-order valence-electron chi connectivity index (χ2n) is 6.67. The number of furan rings is 1. The quantitative estimate of drug-likeness (QED) is 0.377. The number of aliphatic hydroxyl groups excluding tert-OH is 1. The first kappa shape index (κ1) is 19.7. The summed E-state index contributed by atoms with van der Waals surface area (Å²) >= 11 is 12.6. The first-order valence-electron chi connectivity index (χ1n) is 9.34. The van der Waals surface area contributed by atoms with Crippen molar-refractivity contribution >= 4 is 23.2 Å². The van der Waals surface area contributed by atoms with Crippen molar-refractivity contribution < 1.29 is 9.52 Å². The maximum Gasteiger partial charge on any atom is 0.141 e. The number of hydrogen-bond donors (Lipinski definition) is 1. The van der Waals surface area contributed by atoms with Crippen LogP contribution >= 0.6 is 23.2 Å². The Morgan fingerprint density at radius 3 is 2.41 bits per heavy atom. The van der Waals surface area contributed by atoms with E-state index in [2.05, 4.69) is 4.98 Å². The van der Waals surface area contributed by atoms with E-state index in [1.807, 2.05) is 49.4 Å². The number of aliphatic hydroxyl groups is 1. The van der Waals surface area contributed by atoms with Gasteiger partial charge in [-0.05, 0) is 36.4 Å². The van der Waals surface area contributed by atoms with Gasteiger partial charge >= 0.3 is 0 Å². The maximum atomic E-state index is 11.4. The lowest BCUT2D eigenvalue weighted by Crippen LogP contribution is -2.03. The molecule has 0 fully saturated rings. The number of pyridine rings is 1. The van der Waals surface area contributed by atoms with Crippen LogP contribution in [0.25, 0.3) is 22.5 Å². The van der Waals surface area contributed by atoms with Gasteiger partial charge in [0, 0.05) is 56.7 Å². The van der Waals surface area contributed by atoms with Crippen LogP contribution in [0.1, 0.15) is 29.9 Å². The predicted octanol–water partition coefficient (Wildman–Crippen LogP) is 6.96. The molecule has 2 aromatic heterocycles. The van der Waals surface area contributed by atoms with Gasteiger partial charge < -0.3 is 9.52 Å². The van der Waals surface area contributed by atoms with E-state index in [-0.39, 0.29) is 0 Å². The highest BCUT2D eigenvalue weighted by molar-refractivity contribution is 6.33. The summed E-state index contributed by atoms with van der Waals surface area (Å²) in [5.74, 6) is 1.37. The average Bonchev–Trinajstić information content (AvgIpc) is 3.14. The van der Waals surface area contributed by atoms with Gasteiger partial charge in [0.1, 0.15) is 17.6 Å². The zero-order chi connectivity index (χ0) is 20.4. The SMILES string of the molecule is CCc1oc(-c2ccc(Cl)cc2)c(C(O)c2cccnc2)c1-c1ccccc1Cl. The molecule has 0 bridgehead atoms. The van der Waals surface area contributed by atoms with E-state index in [0.717, 1.165) is 22.5 Å². The topological polar surface area (TPSA) is 46.3 Å². The molecule has 0 aliphatic rings. The number of hydrogen-bond acceptors (Lipinski definition) is 3. The number of aryl methyl sites for hydroxylation is 1.